The fourth-order valence-electron chi connectivity index (χ4n) is 3.00. The van der Waals surface area contributed by atoms with Crippen LogP contribution >= 0.6 is 23.1 Å². The number of aryl methyl sites for hydroxylation is 2. The molecule has 0 fully saturated rings. The van der Waals surface area contributed by atoms with Crippen molar-refractivity contribution in [2.75, 3.05) is 5.75 Å². The number of amides is 2. The maximum absolute atomic E-state index is 13.0. The lowest BCUT2D eigenvalue weighted by Crippen LogP contribution is -2.32. The molecule has 0 aliphatic heterocycles. The fraction of sp³-hybridized carbons (Fsp3) is 0.333. The minimum absolute atomic E-state index is 0.0920. The molecule has 2 amide bonds. The van der Waals surface area contributed by atoms with Gasteiger partial charge in [0, 0.05) is 16.5 Å². The molecule has 32 heavy (non-hydrogen) atoms. The van der Waals surface area contributed by atoms with Crippen LogP contribution < -0.4 is 15.6 Å². The molecule has 11 heteroatoms. The van der Waals surface area contributed by atoms with Crippen molar-refractivity contribution >= 4 is 45.1 Å². The van der Waals surface area contributed by atoms with E-state index in [4.69, 9.17) is 0 Å². The monoisotopic (exact) mass is 481 g/mol. The highest BCUT2D eigenvalue weighted by Gasteiger charge is 2.20. The van der Waals surface area contributed by atoms with Crippen molar-refractivity contribution in [3.8, 4) is 5.75 Å². The third-order valence-corrected chi connectivity index (χ3v) is 6.70. The molecule has 0 spiro atoms. The molecule has 1 N–H and O–H groups in total. The number of alkyl halides is 2. The second-order valence-electron chi connectivity index (χ2n) is 7.20. The molecular weight excluding hydrogens is 460 g/mol. The van der Waals surface area contributed by atoms with E-state index in [0.29, 0.717) is 15.4 Å². The Balaban J connectivity index is 1.72. The first-order chi connectivity index (χ1) is 15.1. The number of ether oxygens (including phenoxy) is 1. The van der Waals surface area contributed by atoms with Gasteiger partial charge in [0.2, 0.25) is 5.91 Å². The van der Waals surface area contributed by atoms with E-state index in [0.717, 1.165) is 22.2 Å². The van der Waals surface area contributed by atoms with Crippen LogP contribution in [0, 0.1) is 13.8 Å². The number of nitrogens with zero attached hydrogens (tertiary/aromatic N) is 2. The van der Waals surface area contributed by atoms with Crippen LogP contribution in [0.1, 0.15) is 40.7 Å². The van der Waals surface area contributed by atoms with Crippen LogP contribution in [-0.2, 0) is 4.79 Å². The van der Waals surface area contributed by atoms with Crippen molar-refractivity contribution in [3.05, 3.63) is 50.6 Å². The Labute approximate surface area is 190 Å². The first kappa shape index (κ1) is 23.9. The molecule has 0 aliphatic carbocycles. The number of hydrogen-bond donors (Lipinski definition) is 1. The number of aromatic nitrogens is 2. The molecule has 0 saturated carbocycles. The van der Waals surface area contributed by atoms with Crippen molar-refractivity contribution in [3.63, 3.8) is 0 Å². The smallest absolute Gasteiger partial charge is 0.387 e. The number of imide groups is 1. The van der Waals surface area contributed by atoms with E-state index in [1.54, 1.807) is 4.57 Å². The Morgan fingerprint density at radius 2 is 1.88 bits per heavy atom. The lowest BCUT2D eigenvalue weighted by atomic mass is 10.2. The summed E-state index contributed by atoms with van der Waals surface area (Å²) in [5.74, 6) is -1.47. The topological polar surface area (TPSA) is 90.3 Å². The summed E-state index contributed by atoms with van der Waals surface area (Å²) in [6, 6.07) is 4.82. The number of halogens is 2. The molecule has 0 radical (unpaired) electrons. The molecule has 0 atom stereocenters. The van der Waals surface area contributed by atoms with Gasteiger partial charge in [-0.05, 0) is 57.5 Å². The summed E-state index contributed by atoms with van der Waals surface area (Å²) >= 11 is 2.49. The van der Waals surface area contributed by atoms with Crippen LogP contribution in [-0.4, -0.2) is 33.7 Å². The van der Waals surface area contributed by atoms with Gasteiger partial charge >= 0.3 is 6.61 Å². The van der Waals surface area contributed by atoms with Crippen molar-refractivity contribution in [2.24, 2.45) is 0 Å². The van der Waals surface area contributed by atoms with Crippen LogP contribution in [0.2, 0.25) is 0 Å². The molecule has 0 aliphatic rings. The molecule has 0 saturated heterocycles. The van der Waals surface area contributed by atoms with Gasteiger partial charge in [-0.25, -0.2) is 4.98 Å². The summed E-state index contributed by atoms with van der Waals surface area (Å²) in [5.41, 5.74) is 0.867. The van der Waals surface area contributed by atoms with Gasteiger partial charge in [0.15, 0.2) is 5.16 Å². The second-order valence-corrected chi connectivity index (χ2v) is 9.34. The van der Waals surface area contributed by atoms with Gasteiger partial charge < -0.3 is 4.74 Å². The Morgan fingerprint density at radius 3 is 2.47 bits per heavy atom. The summed E-state index contributed by atoms with van der Waals surface area (Å²) in [6.45, 7) is 4.57. The van der Waals surface area contributed by atoms with Gasteiger partial charge in [-0.3, -0.25) is 24.3 Å². The van der Waals surface area contributed by atoms with Gasteiger partial charge in [-0.2, -0.15) is 8.78 Å². The summed E-state index contributed by atoms with van der Waals surface area (Å²) in [7, 11) is 0. The SMILES string of the molecule is Cc1sc2nc(SCC(=O)NC(=O)c3ccc(OC(F)F)cc3)n(C(C)C)c(=O)c2c1C. The highest BCUT2D eigenvalue weighted by atomic mass is 32.2. The molecule has 0 unspecified atom stereocenters. The molecule has 7 nitrogen and oxygen atoms in total. The highest BCUT2D eigenvalue weighted by molar-refractivity contribution is 7.99. The van der Waals surface area contributed by atoms with Gasteiger partial charge in [-0.15, -0.1) is 11.3 Å². The summed E-state index contributed by atoms with van der Waals surface area (Å²) in [5, 5.41) is 3.23. The molecular formula is C21H21F2N3O4S2. The Bertz CT molecular complexity index is 1220. The quantitative estimate of drug-likeness (QED) is 0.400. The average Bonchev–Trinajstić information content (AvgIpc) is 3.00. The predicted octanol–water partition coefficient (Wildman–Crippen LogP) is 4.31. The zero-order valence-corrected chi connectivity index (χ0v) is 19.4. The molecule has 3 aromatic rings. The predicted molar refractivity (Wildman–Crippen MR) is 120 cm³/mol. The number of thiophene rings is 1. The van der Waals surface area contributed by atoms with E-state index in [1.807, 2.05) is 27.7 Å². The number of nitrogens with one attached hydrogen (secondary N) is 1. The third-order valence-electron chi connectivity index (χ3n) is 4.65. The maximum Gasteiger partial charge on any atom is 0.387 e. The zero-order chi connectivity index (χ0) is 23.6. The van der Waals surface area contributed by atoms with E-state index >= 15 is 0 Å². The summed E-state index contributed by atoms with van der Waals surface area (Å²) in [6.07, 6.45) is 0. The Kier molecular flexibility index (Phi) is 7.29. The standard InChI is InChI=1S/C21H21F2N3O4S2/c1-10(2)26-19(29)16-11(3)12(4)32-18(16)25-21(26)31-9-15(27)24-17(28)13-5-7-14(8-6-13)30-20(22)23/h5-8,10,20H,9H2,1-4H3,(H,24,27,28). The number of hydrogen-bond acceptors (Lipinski definition) is 7. The second kappa shape index (κ2) is 9.78. The molecule has 3 rings (SSSR count). The number of thioether (sulfide) groups is 1. The number of rotatable bonds is 7. The maximum atomic E-state index is 13.0. The minimum atomic E-state index is -2.97. The van der Waals surface area contributed by atoms with E-state index in [-0.39, 0.29) is 28.7 Å². The van der Waals surface area contributed by atoms with Crippen molar-refractivity contribution in [1.29, 1.82) is 0 Å². The van der Waals surface area contributed by atoms with Gasteiger partial charge in [0.05, 0.1) is 11.1 Å². The van der Waals surface area contributed by atoms with Crippen LogP contribution in [0.15, 0.2) is 34.2 Å². The number of carbonyl (C=O) groups is 2. The van der Waals surface area contributed by atoms with Crippen LogP contribution in [0.25, 0.3) is 10.2 Å². The molecule has 1 aromatic carbocycles. The van der Waals surface area contributed by atoms with Gasteiger partial charge in [0.1, 0.15) is 10.6 Å². The number of benzene rings is 1. The van der Waals surface area contributed by atoms with Crippen LogP contribution in [0.3, 0.4) is 0 Å². The van der Waals surface area contributed by atoms with E-state index in [9.17, 15) is 23.2 Å². The first-order valence-electron chi connectivity index (χ1n) is 9.62. The van der Waals surface area contributed by atoms with Crippen molar-refractivity contribution in [1.82, 2.24) is 14.9 Å². The molecule has 0 bridgehead atoms. The first-order valence-corrected chi connectivity index (χ1v) is 11.4. The zero-order valence-electron chi connectivity index (χ0n) is 17.8. The molecule has 2 heterocycles. The average molecular weight is 482 g/mol. The van der Waals surface area contributed by atoms with Gasteiger partial charge in [-0.1, -0.05) is 11.8 Å². The van der Waals surface area contributed by atoms with E-state index in [1.165, 1.54) is 35.6 Å². The summed E-state index contributed by atoms with van der Waals surface area (Å²) in [4.78, 5) is 43.8. The number of fused-ring (bicyclic) bond motifs is 1. The number of carbonyl (C=O) groups excluding carboxylic acids is 2. The minimum Gasteiger partial charge on any atom is -0.435 e. The summed E-state index contributed by atoms with van der Waals surface area (Å²) < 4.78 is 30.2. The Hall–Kier alpha value is -2.79. The van der Waals surface area contributed by atoms with Gasteiger partial charge in [0.25, 0.3) is 11.5 Å². The van der Waals surface area contributed by atoms with Crippen molar-refractivity contribution in [2.45, 2.75) is 45.5 Å². The largest absolute Gasteiger partial charge is 0.435 e. The molecule has 170 valence electrons. The van der Waals surface area contributed by atoms with E-state index < -0.39 is 18.4 Å². The van der Waals surface area contributed by atoms with Crippen LogP contribution in [0.5, 0.6) is 5.75 Å². The van der Waals surface area contributed by atoms with Crippen molar-refractivity contribution < 1.29 is 23.1 Å². The van der Waals surface area contributed by atoms with E-state index in [2.05, 4.69) is 15.0 Å². The fourth-order valence-corrected chi connectivity index (χ4v) is 5.00. The van der Waals surface area contributed by atoms with Crippen LogP contribution in [0.4, 0.5) is 8.78 Å². The normalized spacial score (nSPS) is 11.4. The highest BCUT2D eigenvalue weighted by Crippen LogP contribution is 2.29. The lowest BCUT2D eigenvalue weighted by molar-refractivity contribution is -0.117. The lowest BCUT2D eigenvalue weighted by Gasteiger charge is -2.15. The molecule has 2 aromatic heterocycles. The third kappa shape index (κ3) is 5.16. The Morgan fingerprint density at radius 1 is 1.22 bits per heavy atom.